The summed E-state index contributed by atoms with van der Waals surface area (Å²) in [6, 6.07) is 7.94. The zero-order valence-electron chi connectivity index (χ0n) is 13.2. The molecule has 2 aromatic rings. The predicted octanol–water partition coefficient (Wildman–Crippen LogP) is 3.11. The summed E-state index contributed by atoms with van der Waals surface area (Å²) in [5, 5.41) is 1.88. The van der Waals surface area contributed by atoms with E-state index >= 15 is 0 Å². The summed E-state index contributed by atoms with van der Waals surface area (Å²) in [7, 11) is 3.53. The summed E-state index contributed by atoms with van der Waals surface area (Å²) in [5.74, 6) is 1.28. The van der Waals surface area contributed by atoms with Gasteiger partial charge in [0.15, 0.2) is 0 Å². The summed E-state index contributed by atoms with van der Waals surface area (Å²) in [4.78, 5) is 22.7. The molecule has 4 nitrogen and oxygen atoms in total. The largest absolute Gasteiger partial charge is 0.348 e. The molecule has 0 saturated heterocycles. The summed E-state index contributed by atoms with van der Waals surface area (Å²) >= 11 is 1.47. The van der Waals surface area contributed by atoms with Gasteiger partial charge in [-0.25, -0.2) is 9.97 Å². The monoisotopic (exact) mass is 303 g/mol. The van der Waals surface area contributed by atoms with Crippen molar-refractivity contribution in [2.45, 2.75) is 31.2 Å². The smallest absolute Gasteiger partial charge is 0.232 e. The minimum atomic E-state index is -0.120. The summed E-state index contributed by atoms with van der Waals surface area (Å²) in [6.45, 7) is 6.28. The minimum absolute atomic E-state index is 0.0833. The van der Waals surface area contributed by atoms with Crippen LogP contribution in [0.3, 0.4) is 0 Å². The fraction of sp³-hybridized carbons (Fsp3) is 0.438. The van der Waals surface area contributed by atoms with Crippen molar-refractivity contribution in [2.24, 2.45) is 0 Å². The SMILES string of the molecule is CN(C)C(=O)CSc1nc(C(C)(C)C)nc2ccccc12. The van der Waals surface area contributed by atoms with Crippen LogP contribution in [0.4, 0.5) is 0 Å². The van der Waals surface area contributed by atoms with E-state index in [1.807, 2.05) is 24.3 Å². The van der Waals surface area contributed by atoms with E-state index in [0.29, 0.717) is 5.75 Å². The van der Waals surface area contributed by atoms with Crippen LogP contribution in [0.15, 0.2) is 29.3 Å². The summed E-state index contributed by atoms with van der Waals surface area (Å²) in [6.07, 6.45) is 0. The van der Waals surface area contributed by atoms with Crippen LogP contribution in [0, 0.1) is 0 Å². The van der Waals surface area contributed by atoms with Crippen molar-refractivity contribution in [3.63, 3.8) is 0 Å². The zero-order chi connectivity index (χ0) is 15.6. The molecule has 0 bridgehead atoms. The lowest BCUT2D eigenvalue weighted by Crippen LogP contribution is -2.23. The third-order valence-electron chi connectivity index (χ3n) is 3.07. The van der Waals surface area contributed by atoms with E-state index in [2.05, 4.69) is 30.7 Å². The lowest BCUT2D eigenvalue weighted by Gasteiger charge is -2.18. The van der Waals surface area contributed by atoms with Crippen LogP contribution in [-0.2, 0) is 10.2 Å². The van der Waals surface area contributed by atoms with Gasteiger partial charge in [-0.1, -0.05) is 50.7 Å². The van der Waals surface area contributed by atoms with Gasteiger partial charge in [-0.3, -0.25) is 4.79 Å². The fourth-order valence-corrected chi connectivity index (χ4v) is 2.75. The number of fused-ring (bicyclic) bond motifs is 1. The molecule has 0 N–H and O–H groups in total. The number of aromatic nitrogens is 2. The topological polar surface area (TPSA) is 46.1 Å². The van der Waals surface area contributed by atoms with Crippen LogP contribution in [-0.4, -0.2) is 40.6 Å². The van der Waals surface area contributed by atoms with Crippen LogP contribution in [0.25, 0.3) is 10.9 Å². The number of thioether (sulfide) groups is 1. The highest BCUT2D eigenvalue weighted by Gasteiger charge is 2.20. The minimum Gasteiger partial charge on any atom is -0.348 e. The third-order valence-corrected chi connectivity index (χ3v) is 4.05. The number of benzene rings is 1. The molecule has 1 heterocycles. The van der Waals surface area contributed by atoms with E-state index in [4.69, 9.17) is 0 Å². The van der Waals surface area contributed by atoms with Crippen molar-refractivity contribution in [3.05, 3.63) is 30.1 Å². The van der Waals surface area contributed by atoms with Crippen LogP contribution in [0.2, 0.25) is 0 Å². The molecule has 0 aliphatic carbocycles. The van der Waals surface area contributed by atoms with E-state index in [-0.39, 0.29) is 11.3 Å². The van der Waals surface area contributed by atoms with Gasteiger partial charge >= 0.3 is 0 Å². The molecule has 1 aromatic heterocycles. The molecule has 0 atom stereocenters. The van der Waals surface area contributed by atoms with Crippen LogP contribution in [0.5, 0.6) is 0 Å². The van der Waals surface area contributed by atoms with Crippen LogP contribution in [0.1, 0.15) is 26.6 Å². The maximum atomic E-state index is 11.8. The maximum absolute atomic E-state index is 11.8. The van der Waals surface area contributed by atoms with Crippen molar-refractivity contribution >= 4 is 28.6 Å². The molecule has 0 spiro atoms. The van der Waals surface area contributed by atoms with Crippen molar-refractivity contribution in [2.75, 3.05) is 19.8 Å². The van der Waals surface area contributed by atoms with Gasteiger partial charge < -0.3 is 4.90 Å². The molecule has 0 fully saturated rings. The first-order valence-corrected chi connectivity index (χ1v) is 7.88. The number of rotatable bonds is 3. The van der Waals surface area contributed by atoms with Gasteiger partial charge in [0.2, 0.25) is 5.91 Å². The second-order valence-corrected chi connectivity index (χ2v) is 7.16. The summed E-state index contributed by atoms with van der Waals surface area (Å²) < 4.78 is 0. The van der Waals surface area contributed by atoms with Gasteiger partial charge in [0.25, 0.3) is 0 Å². The number of amides is 1. The molecular weight excluding hydrogens is 282 g/mol. The Labute approximate surface area is 130 Å². The number of carbonyl (C=O) groups excluding carboxylic acids is 1. The molecule has 21 heavy (non-hydrogen) atoms. The second-order valence-electron chi connectivity index (χ2n) is 6.20. The number of hydrogen-bond donors (Lipinski definition) is 0. The number of hydrogen-bond acceptors (Lipinski definition) is 4. The number of nitrogens with zero attached hydrogens (tertiary/aromatic N) is 3. The first-order valence-electron chi connectivity index (χ1n) is 6.89. The Bertz CT molecular complexity index is 662. The average molecular weight is 303 g/mol. The quantitative estimate of drug-likeness (QED) is 0.645. The van der Waals surface area contributed by atoms with E-state index < -0.39 is 0 Å². The molecule has 0 aliphatic rings. The van der Waals surface area contributed by atoms with Crippen molar-refractivity contribution < 1.29 is 4.79 Å². The molecule has 0 radical (unpaired) electrons. The maximum Gasteiger partial charge on any atom is 0.232 e. The molecular formula is C16H21N3OS. The highest BCUT2D eigenvalue weighted by atomic mass is 32.2. The van der Waals surface area contributed by atoms with Crippen molar-refractivity contribution in [3.8, 4) is 0 Å². The predicted molar refractivity (Wildman–Crippen MR) is 87.7 cm³/mol. The zero-order valence-corrected chi connectivity index (χ0v) is 14.0. The normalized spacial score (nSPS) is 11.7. The molecule has 1 amide bonds. The van der Waals surface area contributed by atoms with Crippen molar-refractivity contribution in [1.82, 2.24) is 14.9 Å². The molecule has 112 valence electrons. The van der Waals surface area contributed by atoms with Gasteiger partial charge in [-0.2, -0.15) is 0 Å². The third kappa shape index (κ3) is 3.73. The van der Waals surface area contributed by atoms with E-state index in [1.165, 1.54) is 11.8 Å². The lowest BCUT2D eigenvalue weighted by molar-refractivity contribution is -0.125. The Kier molecular flexibility index (Phi) is 4.52. The Hall–Kier alpha value is -1.62. The van der Waals surface area contributed by atoms with Crippen molar-refractivity contribution in [1.29, 1.82) is 0 Å². The Morgan fingerprint density at radius 2 is 1.86 bits per heavy atom. The van der Waals surface area contributed by atoms with Gasteiger partial charge in [-0.15, -0.1) is 0 Å². The molecule has 1 aromatic carbocycles. The van der Waals surface area contributed by atoms with Gasteiger partial charge in [0, 0.05) is 24.9 Å². The van der Waals surface area contributed by atoms with E-state index in [9.17, 15) is 4.79 Å². The molecule has 0 aliphatic heterocycles. The molecule has 0 saturated carbocycles. The first kappa shape index (κ1) is 15.8. The van der Waals surface area contributed by atoms with Gasteiger partial charge in [0.05, 0.1) is 11.3 Å². The number of para-hydroxylation sites is 1. The first-order chi connectivity index (χ1) is 9.79. The van der Waals surface area contributed by atoms with E-state index in [1.54, 1.807) is 19.0 Å². The Morgan fingerprint density at radius 1 is 1.19 bits per heavy atom. The van der Waals surface area contributed by atoms with Gasteiger partial charge in [0.1, 0.15) is 10.9 Å². The fourth-order valence-electron chi connectivity index (χ4n) is 1.75. The van der Waals surface area contributed by atoms with Gasteiger partial charge in [-0.05, 0) is 6.07 Å². The summed E-state index contributed by atoms with van der Waals surface area (Å²) in [5.41, 5.74) is 0.808. The number of carbonyl (C=O) groups is 1. The Balaban J connectivity index is 2.43. The van der Waals surface area contributed by atoms with Crippen LogP contribution < -0.4 is 0 Å². The molecule has 5 heteroatoms. The van der Waals surface area contributed by atoms with E-state index in [0.717, 1.165) is 21.8 Å². The lowest BCUT2D eigenvalue weighted by atomic mass is 9.95. The molecule has 2 rings (SSSR count). The standard InChI is InChI=1S/C16H21N3OS/c1-16(2,3)15-17-12-9-7-6-8-11(12)14(18-15)21-10-13(20)19(4)5/h6-9H,10H2,1-5H3. The Morgan fingerprint density at radius 3 is 2.48 bits per heavy atom. The second kappa shape index (κ2) is 6.02. The molecule has 0 unspecified atom stereocenters. The highest BCUT2D eigenvalue weighted by molar-refractivity contribution is 8.00. The van der Waals surface area contributed by atoms with Crippen LogP contribution >= 0.6 is 11.8 Å². The average Bonchev–Trinajstić information content (AvgIpc) is 2.42. The highest BCUT2D eigenvalue weighted by Crippen LogP contribution is 2.29.